The number of rotatable bonds is 3. The predicted octanol–water partition coefficient (Wildman–Crippen LogP) is 4.08. The van der Waals surface area contributed by atoms with Gasteiger partial charge in [0.2, 0.25) is 0 Å². The molecule has 0 unspecified atom stereocenters. The van der Waals surface area contributed by atoms with Crippen molar-refractivity contribution in [2.24, 2.45) is 0 Å². The molecular weight excluding hydrogens is 303 g/mol. The summed E-state index contributed by atoms with van der Waals surface area (Å²) in [7, 11) is 0. The molecule has 2 aromatic carbocycles. The Balaban J connectivity index is 2.44. The number of hydrogen-bond acceptors (Lipinski definition) is 2. The van der Waals surface area contributed by atoms with Gasteiger partial charge in [-0.15, -0.1) is 0 Å². The molecule has 2 rings (SSSR count). The van der Waals surface area contributed by atoms with Crippen LogP contribution in [-0.2, 0) is 0 Å². The van der Waals surface area contributed by atoms with E-state index in [4.69, 9.17) is 9.84 Å². The van der Waals surface area contributed by atoms with Crippen molar-refractivity contribution in [3.8, 4) is 11.5 Å². The number of halogens is 2. The number of carboxylic acid groups (broad SMARTS) is 1. The van der Waals surface area contributed by atoms with Gasteiger partial charge in [0.05, 0.1) is 0 Å². The second kappa shape index (κ2) is 5.18. The predicted molar refractivity (Wildman–Crippen MR) is 67.6 cm³/mol. The summed E-state index contributed by atoms with van der Waals surface area (Å²) in [6.07, 6.45) is 0. The summed E-state index contributed by atoms with van der Waals surface area (Å²) in [6.45, 7) is 0. The molecule has 1 N–H and O–H groups in total. The number of carboxylic acids is 1. The number of aromatic carboxylic acids is 1. The van der Waals surface area contributed by atoms with Gasteiger partial charge in [-0.1, -0.05) is 18.2 Å². The normalized spacial score (nSPS) is 10.1. The third kappa shape index (κ3) is 2.51. The van der Waals surface area contributed by atoms with E-state index in [1.807, 2.05) is 0 Å². The number of hydrogen-bond donors (Lipinski definition) is 1. The van der Waals surface area contributed by atoms with Crippen molar-refractivity contribution in [3.63, 3.8) is 0 Å². The summed E-state index contributed by atoms with van der Waals surface area (Å²) in [5.41, 5.74) is -0.0410. The van der Waals surface area contributed by atoms with E-state index in [-0.39, 0.29) is 17.1 Å². The maximum atomic E-state index is 13.4. The Kier molecular flexibility index (Phi) is 3.62. The SMILES string of the molecule is O=C(O)c1c(Br)cccc1Oc1ccccc1F. The fourth-order valence-electron chi connectivity index (χ4n) is 1.44. The molecule has 0 aliphatic carbocycles. The van der Waals surface area contributed by atoms with Gasteiger partial charge < -0.3 is 9.84 Å². The van der Waals surface area contributed by atoms with E-state index in [0.717, 1.165) is 0 Å². The summed E-state index contributed by atoms with van der Waals surface area (Å²) in [5, 5.41) is 9.09. The zero-order valence-corrected chi connectivity index (χ0v) is 10.6. The van der Waals surface area contributed by atoms with E-state index < -0.39 is 11.8 Å². The molecule has 0 atom stereocenters. The minimum absolute atomic E-state index is 0.0156. The summed E-state index contributed by atoms with van der Waals surface area (Å²) in [6, 6.07) is 10.5. The van der Waals surface area contributed by atoms with Gasteiger partial charge >= 0.3 is 5.97 Å². The van der Waals surface area contributed by atoms with Crippen LogP contribution >= 0.6 is 15.9 Å². The average Bonchev–Trinajstić information content (AvgIpc) is 2.31. The first-order chi connectivity index (χ1) is 8.59. The van der Waals surface area contributed by atoms with Gasteiger partial charge in [0.15, 0.2) is 11.6 Å². The first kappa shape index (κ1) is 12.6. The first-order valence-electron chi connectivity index (χ1n) is 5.04. The van der Waals surface area contributed by atoms with Crippen LogP contribution in [0.5, 0.6) is 11.5 Å². The Morgan fingerprint density at radius 2 is 1.78 bits per heavy atom. The maximum Gasteiger partial charge on any atom is 0.340 e. The van der Waals surface area contributed by atoms with Gasteiger partial charge in [-0.3, -0.25) is 0 Å². The lowest BCUT2D eigenvalue weighted by Crippen LogP contribution is -2.01. The van der Waals surface area contributed by atoms with E-state index >= 15 is 0 Å². The van der Waals surface area contributed by atoms with Gasteiger partial charge in [-0.2, -0.15) is 0 Å². The van der Waals surface area contributed by atoms with Crippen molar-refractivity contribution in [2.75, 3.05) is 0 Å². The van der Waals surface area contributed by atoms with Gasteiger partial charge in [-0.05, 0) is 40.2 Å². The molecule has 0 aliphatic heterocycles. The van der Waals surface area contributed by atoms with Gasteiger partial charge in [0.1, 0.15) is 11.3 Å². The number of carbonyl (C=O) groups is 1. The van der Waals surface area contributed by atoms with Crippen LogP contribution in [0.3, 0.4) is 0 Å². The van der Waals surface area contributed by atoms with Crippen LogP contribution in [0.25, 0.3) is 0 Å². The molecule has 0 aromatic heterocycles. The number of benzene rings is 2. The molecule has 0 bridgehead atoms. The fourth-order valence-corrected chi connectivity index (χ4v) is 1.96. The van der Waals surface area contributed by atoms with Crippen LogP contribution in [0.2, 0.25) is 0 Å². The van der Waals surface area contributed by atoms with Crippen LogP contribution < -0.4 is 4.74 Å². The van der Waals surface area contributed by atoms with Crippen LogP contribution in [0.1, 0.15) is 10.4 Å². The zero-order chi connectivity index (χ0) is 13.1. The smallest absolute Gasteiger partial charge is 0.340 e. The molecule has 18 heavy (non-hydrogen) atoms. The summed E-state index contributed by atoms with van der Waals surface area (Å²) in [4.78, 5) is 11.1. The standard InChI is InChI=1S/C13H8BrFO3/c14-8-4-3-7-11(12(8)13(16)17)18-10-6-2-1-5-9(10)15/h1-7H,(H,16,17). The quantitative estimate of drug-likeness (QED) is 0.929. The molecule has 92 valence electrons. The van der Waals surface area contributed by atoms with Crippen molar-refractivity contribution in [3.05, 3.63) is 58.3 Å². The minimum Gasteiger partial charge on any atom is -0.478 e. The monoisotopic (exact) mass is 310 g/mol. The first-order valence-corrected chi connectivity index (χ1v) is 5.83. The molecule has 2 aromatic rings. The van der Waals surface area contributed by atoms with Crippen LogP contribution in [-0.4, -0.2) is 11.1 Å². The third-order valence-corrected chi connectivity index (χ3v) is 2.91. The molecule has 0 amide bonds. The lowest BCUT2D eigenvalue weighted by molar-refractivity contribution is 0.0693. The maximum absolute atomic E-state index is 13.4. The second-order valence-corrected chi connectivity index (χ2v) is 4.30. The highest BCUT2D eigenvalue weighted by molar-refractivity contribution is 9.10. The molecule has 0 aliphatic rings. The minimum atomic E-state index is -1.14. The molecule has 0 spiro atoms. The Labute approximate surface area is 111 Å². The van der Waals surface area contributed by atoms with Crippen molar-refractivity contribution in [1.29, 1.82) is 0 Å². The molecule has 0 fully saturated rings. The van der Waals surface area contributed by atoms with Gasteiger partial charge in [0.25, 0.3) is 0 Å². The summed E-state index contributed by atoms with van der Waals surface area (Å²) < 4.78 is 19.1. The van der Waals surface area contributed by atoms with Crippen molar-refractivity contribution < 1.29 is 19.0 Å². The highest BCUT2D eigenvalue weighted by Gasteiger charge is 2.16. The van der Waals surface area contributed by atoms with Crippen molar-refractivity contribution >= 4 is 21.9 Å². The van der Waals surface area contributed by atoms with Gasteiger partial charge in [-0.25, -0.2) is 9.18 Å². The molecule has 0 radical (unpaired) electrons. The Morgan fingerprint density at radius 1 is 1.11 bits per heavy atom. The molecule has 5 heteroatoms. The second-order valence-electron chi connectivity index (χ2n) is 3.45. The van der Waals surface area contributed by atoms with E-state index in [2.05, 4.69) is 15.9 Å². The molecular formula is C13H8BrFO3. The Hall–Kier alpha value is -1.88. The van der Waals surface area contributed by atoms with Crippen LogP contribution in [0.4, 0.5) is 4.39 Å². The van der Waals surface area contributed by atoms with Crippen LogP contribution in [0.15, 0.2) is 46.9 Å². The summed E-state index contributed by atoms with van der Waals surface area (Å²) >= 11 is 3.13. The van der Waals surface area contributed by atoms with Crippen LogP contribution in [0, 0.1) is 5.82 Å². The lowest BCUT2D eigenvalue weighted by Gasteiger charge is -2.10. The largest absolute Gasteiger partial charge is 0.478 e. The van der Waals surface area contributed by atoms with E-state index in [1.54, 1.807) is 18.2 Å². The highest BCUT2D eigenvalue weighted by atomic mass is 79.9. The average molecular weight is 311 g/mol. The van der Waals surface area contributed by atoms with E-state index in [1.165, 1.54) is 24.3 Å². The van der Waals surface area contributed by atoms with Crippen molar-refractivity contribution in [2.45, 2.75) is 0 Å². The van der Waals surface area contributed by atoms with Crippen molar-refractivity contribution in [1.82, 2.24) is 0 Å². The lowest BCUT2D eigenvalue weighted by atomic mass is 10.2. The van der Waals surface area contributed by atoms with E-state index in [0.29, 0.717) is 4.47 Å². The van der Waals surface area contributed by atoms with Gasteiger partial charge in [0, 0.05) is 4.47 Å². The Bertz CT molecular complexity index is 599. The van der Waals surface area contributed by atoms with E-state index in [9.17, 15) is 9.18 Å². The molecule has 0 saturated heterocycles. The molecule has 0 saturated carbocycles. The molecule has 0 heterocycles. The third-order valence-electron chi connectivity index (χ3n) is 2.25. The molecule has 3 nitrogen and oxygen atoms in total. The fraction of sp³-hybridized carbons (Fsp3) is 0. The topological polar surface area (TPSA) is 46.5 Å². The zero-order valence-electron chi connectivity index (χ0n) is 9.06. The number of ether oxygens (including phenoxy) is 1. The number of para-hydroxylation sites is 1. The highest BCUT2D eigenvalue weighted by Crippen LogP contribution is 2.31. The summed E-state index contributed by atoms with van der Waals surface area (Å²) in [5.74, 6) is -1.62. The Morgan fingerprint density at radius 3 is 2.44 bits per heavy atom.